The first kappa shape index (κ1) is 26.9. The van der Waals surface area contributed by atoms with Gasteiger partial charge in [0, 0.05) is 25.4 Å². The number of hydrogen-bond acceptors (Lipinski definition) is 6. The molecule has 1 heterocycles. The second-order valence-corrected chi connectivity index (χ2v) is 11.3. The number of sulfonamides is 1. The second kappa shape index (κ2) is 11.9. The van der Waals surface area contributed by atoms with E-state index >= 15 is 0 Å². The van der Waals surface area contributed by atoms with Crippen LogP contribution in [-0.2, 0) is 21.2 Å². The molecule has 192 valence electrons. The third-order valence-electron chi connectivity index (χ3n) is 6.09. The molecule has 0 radical (unpaired) electrons. The maximum atomic E-state index is 13.5. The Morgan fingerprint density at radius 1 is 1.11 bits per heavy atom. The Kier molecular flexibility index (Phi) is 9.12. The quantitative estimate of drug-likeness (QED) is 0.400. The molecule has 3 rings (SSSR count). The third kappa shape index (κ3) is 6.94. The van der Waals surface area contributed by atoms with Gasteiger partial charge in [0.05, 0.1) is 29.7 Å². The molecule has 35 heavy (non-hydrogen) atoms. The molecule has 0 spiro atoms. The van der Waals surface area contributed by atoms with Crippen molar-refractivity contribution in [3.05, 3.63) is 60.2 Å². The van der Waals surface area contributed by atoms with Crippen molar-refractivity contribution in [2.24, 2.45) is 5.92 Å². The zero-order chi connectivity index (χ0) is 25.6. The Morgan fingerprint density at radius 3 is 2.31 bits per heavy atom. The van der Waals surface area contributed by atoms with Crippen molar-refractivity contribution in [2.45, 2.75) is 49.8 Å². The topological polar surface area (TPSA) is 133 Å². The number of benzene rings is 2. The summed E-state index contributed by atoms with van der Waals surface area (Å²) in [5.74, 6) is -0.0165. The van der Waals surface area contributed by atoms with Crippen molar-refractivity contribution in [3.63, 3.8) is 0 Å². The lowest BCUT2D eigenvalue weighted by Gasteiger charge is -2.38. The highest BCUT2D eigenvalue weighted by atomic mass is 32.2. The number of hydrogen-bond donors (Lipinski definition) is 3. The average Bonchev–Trinajstić information content (AvgIpc) is 3.33. The summed E-state index contributed by atoms with van der Waals surface area (Å²) >= 11 is 0. The van der Waals surface area contributed by atoms with Crippen molar-refractivity contribution in [1.29, 1.82) is 0 Å². The van der Waals surface area contributed by atoms with Gasteiger partial charge in [-0.25, -0.2) is 13.2 Å². The van der Waals surface area contributed by atoms with Gasteiger partial charge in [0.25, 0.3) is 0 Å². The van der Waals surface area contributed by atoms with Crippen LogP contribution < -0.4 is 5.73 Å². The fourth-order valence-electron chi connectivity index (χ4n) is 4.38. The minimum absolute atomic E-state index is 0.0165. The zero-order valence-corrected chi connectivity index (χ0v) is 21.0. The van der Waals surface area contributed by atoms with E-state index in [1.165, 1.54) is 33.5 Å². The molecule has 1 saturated heterocycles. The van der Waals surface area contributed by atoms with Crippen LogP contribution in [-0.4, -0.2) is 78.4 Å². The fraction of sp³-hybridized carbons (Fsp3) is 0.480. The number of rotatable bonds is 11. The van der Waals surface area contributed by atoms with Crippen LogP contribution in [0.2, 0.25) is 0 Å². The summed E-state index contributed by atoms with van der Waals surface area (Å²) in [6.45, 7) is 4.37. The van der Waals surface area contributed by atoms with Gasteiger partial charge >= 0.3 is 6.09 Å². The summed E-state index contributed by atoms with van der Waals surface area (Å²) < 4.78 is 33.6. The highest BCUT2D eigenvalue weighted by Gasteiger charge is 2.39. The largest absolute Gasteiger partial charge is 0.465 e. The van der Waals surface area contributed by atoms with Crippen molar-refractivity contribution >= 4 is 21.8 Å². The van der Waals surface area contributed by atoms with E-state index in [1.54, 1.807) is 0 Å². The van der Waals surface area contributed by atoms with Gasteiger partial charge in [-0.15, -0.1) is 0 Å². The van der Waals surface area contributed by atoms with Gasteiger partial charge in [-0.3, -0.25) is 4.90 Å². The second-order valence-electron chi connectivity index (χ2n) is 9.32. The van der Waals surface area contributed by atoms with E-state index in [0.29, 0.717) is 18.7 Å². The molecule has 1 aliphatic rings. The number of carbonyl (C=O) groups is 1. The third-order valence-corrected chi connectivity index (χ3v) is 7.93. The van der Waals surface area contributed by atoms with Crippen LogP contribution in [0.3, 0.4) is 0 Å². The SMILES string of the molecule is CC(C)CN(C[C@H](O)C(Cc1ccccc1)N(C(=O)O)[C@H]1CCOC1)S(=O)(=O)c1ccc(N)cc1. The first-order valence-electron chi connectivity index (χ1n) is 11.8. The van der Waals surface area contributed by atoms with E-state index in [1.807, 2.05) is 44.2 Å². The summed E-state index contributed by atoms with van der Waals surface area (Å²) in [5.41, 5.74) is 7.01. The van der Waals surface area contributed by atoms with Gasteiger partial charge < -0.3 is 20.7 Å². The number of nitrogens with two attached hydrogens (primary N) is 1. The number of amides is 1. The Hall–Kier alpha value is -2.66. The van der Waals surface area contributed by atoms with Crippen LogP contribution in [0.1, 0.15) is 25.8 Å². The summed E-state index contributed by atoms with van der Waals surface area (Å²) in [6.07, 6.45) is -1.68. The van der Waals surface area contributed by atoms with Gasteiger partial charge in [0.1, 0.15) is 0 Å². The van der Waals surface area contributed by atoms with E-state index in [9.17, 15) is 23.4 Å². The zero-order valence-electron chi connectivity index (χ0n) is 20.2. The molecule has 0 saturated carbocycles. The van der Waals surface area contributed by atoms with Crippen LogP contribution in [0.15, 0.2) is 59.5 Å². The highest BCUT2D eigenvalue weighted by Crippen LogP contribution is 2.24. The van der Waals surface area contributed by atoms with E-state index in [4.69, 9.17) is 10.5 Å². The van der Waals surface area contributed by atoms with E-state index in [0.717, 1.165) is 5.56 Å². The maximum Gasteiger partial charge on any atom is 0.407 e. The average molecular weight is 506 g/mol. The number of anilines is 1. The predicted octanol–water partition coefficient (Wildman–Crippen LogP) is 2.66. The number of aliphatic hydroxyl groups excluding tert-OH is 1. The standard InChI is InChI=1S/C25H35N3O6S/c1-18(2)15-27(35(32,33)22-10-8-20(26)9-11-22)16-24(29)23(14-19-6-4-3-5-7-19)28(25(30)31)21-12-13-34-17-21/h3-11,18,21,23-24,29H,12-17,26H2,1-2H3,(H,30,31)/t21-,23?,24-/m0/s1. The number of aliphatic hydroxyl groups is 1. The maximum absolute atomic E-state index is 13.5. The van der Waals surface area contributed by atoms with E-state index in [2.05, 4.69) is 0 Å². The summed E-state index contributed by atoms with van der Waals surface area (Å²) in [7, 11) is -3.95. The van der Waals surface area contributed by atoms with Gasteiger partial charge in [-0.2, -0.15) is 4.31 Å². The first-order valence-corrected chi connectivity index (χ1v) is 13.2. The fourth-order valence-corrected chi connectivity index (χ4v) is 6.00. The first-order chi connectivity index (χ1) is 16.6. The molecular weight excluding hydrogens is 470 g/mol. The van der Waals surface area contributed by atoms with Gasteiger partial charge in [0.2, 0.25) is 10.0 Å². The normalized spacial score (nSPS) is 18.0. The molecule has 10 heteroatoms. The van der Waals surface area contributed by atoms with Crippen molar-refractivity contribution < 1.29 is 28.2 Å². The minimum atomic E-state index is -3.95. The number of carboxylic acid groups (broad SMARTS) is 1. The van der Waals surface area contributed by atoms with Crippen LogP contribution in [0.5, 0.6) is 0 Å². The molecule has 2 aromatic carbocycles. The van der Waals surface area contributed by atoms with Crippen molar-refractivity contribution in [2.75, 3.05) is 32.0 Å². The number of ether oxygens (including phenoxy) is 1. The van der Waals surface area contributed by atoms with Crippen LogP contribution >= 0.6 is 0 Å². The summed E-state index contributed by atoms with van der Waals surface area (Å²) in [4.78, 5) is 13.7. The molecule has 0 bridgehead atoms. The lowest BCUT2D eigenvalue weighted by molar-refractivity contribution is 0.0163. The molecule has 0 aromatic heterocycles. The molecule has 1 aliphatic heterocycles. The molecule has 4 N–H and O–H groups in total. The lowest BCUT2D eigenvalue weighted by atomic mass is 9.97. The molecule has 1 unspecified atom stereocenters. The van der Waals surface area contributed by atoms with Gasteiger partial charge in [-0.1, -0.05) is 44.2 Å². The van der Waals surface area contributed by atoms with E-state index < -0.39 is 34.3 Å². The Bertz CT molecular complexity index is 1060. The monoisotopic (exact) mass is 505 g/mol. The molecule has 9 nitrogen and oxygen atoms in total. The Morgan fingerprint density at radius 2 is 1.77 bits per heavy atom. The van der Waals surface area contributed by atoms with Gasteiger partial charge in [-0.05, 0) is 48.6 Å². The molecule has 1 amide bonds. The van der Waals surface area contributed by atoms with Crippen LogP contribution in [0, 0.1) is 5.92 Å². The summed E-state index contributed by atoms with van der Waals surface area (Å²) in [6, 6.07) is 13.9. The lowest BCUT2D eigenvalue weighted by Crippen LogP contribution is -2.56. The number of nitrogens with zero attached hydrogens (tertiary/aromatic N) is 2. The molecular formula is C25H35N3O6S. The van der Waals surface area contributed by atoms with Crippen LogP contribution in [0.4, 0.5) is 10.5 Å². The Labute approximate surface area is 207 Å². The smallest absolute Gasteiger partial charge is 0.407 e. The van der Waals surface area contributed by atoms with Crippen molar-refractivity contribution in [3.8, 4) is 0 Å². The predicted molar refractivity (Wildman–Crippen MR) is 133 cm³/mol. The van der Waals surface area contributed by atoms with Crippen molar-refractivity contribution in [1.82, 2.24) is 9.21 Å². The van der Waals surface area contributed by atoms with Gasteiger partial charge in [0.15, 0.2) is 0 Å². The van der Waals surface area contributed by atoms with E-state index in [-0.39, 0.29) is 36.9 Å². The molecule has 3 atom stereocenters. The molecule has 2 aromatic rings. The molecule has 1 fully saturated rings. The Balaban J connectivity index is 1.94. The minimum Gasteiger partial charge on any atom is -0.465 e. The summed E-state index contributed by atoms with van der Waals surface area (Å²) in [5, 5.41) is 21.5. The van der Waals surface area contributed by atoms with Crippen LogP contribution in [0.25, 0.3) is 0 Å². The molecule has 0 aliphatic carbocycles. The number of nitrogen functional groups attached to an aromatic ring is 1. The highest BCUT2D eigenvalue weighted by molar-refractivity contribution is 7.89.